The second-order valence-corrected chi connectivity index (χ2v) is 5.34. The van der Waals surface area contributed by atoms with Crippen LogP contribution in [0.25, 0.3) is 0 Å². The van der Waals surface area contributed by atoms with Crippen LogP contribution in [0.15, 0.2) is 48.5 Å². The highest BCUT2D eigenvalue weighted by atomic mass is 16.2. The van der Waals surface area contributed by atoms with Crippen molar-refractivity contribution in [1.82, 2.24) is 10.6 Å². The second kappa shape index (κ2) is 7.41. The van der Waals surface area contributed by atoms with E-state index in [1.54, 1.807) is 0 Å². The van der Waals surface area contributed by atoms with Crippen LogP contribution in [0.1, 0.15) is 22.3 Å². The molecule has 4 nitrogen and oxygen atoms in total. The minimum atomic E-state index is -0.618. The van der Waals surface area contributed by atoms with Crippen molar-refractivity contribution in [3.63, 3.8) is 0 Å². The van der Waals surface area contributed by atoms with Crippen molar-refractivity contribution in [2.45, 2.75) is 26.9 Å². The highest BCUT2D eigenvalue weighted by Crippen LogP contribution is 2.03. The number of amides is 2. The minimum Gasteiger partial charge on any atom is -0.344 e. The van der Waals surface area contributed by atoms with E-state index >= 15 is 0 Å². The SMILES string of the molecule is Cc1ccc(CNC(=O)C(=O)NCc2ccc(C)cc2)cc1. The fraction of sp³-hybridized carbons (Fsp3) is 0.222. The molecule has 22 heavy (non-hydrogen) atoms. The molecule has 0 aliphatic rings. The maximum absolute atomic E-state index is 11.7. The van der Waals surface area contributed by atoms with Crippen LogP contribution in [0, 0.1) is 13.8 Å². The molecule has 0 spiro atoms. The second-order valence-electron chi connectivity index (χ2n) is 5.34. The average Bonchev–Trinajstić information content (AvgIpc) is 2.53. The van der Waals surface area contributed by atoms with Gasteiger partial charge in [-0.1, -0.05) is 59.7 Å². The van der Waals surface area contributed by atoms with Gasteiger partial charge in [0, 0.05) is 13.1 Å². The van der Waals surface area contributed by atoms with E-state index < -0.39 is 11.8 Å². The lowest BCUT2D eigenvalue weighted by Gasteiger charge is -2.07. The Kier molecular flexibility index (Phi) is 5.31. The highest BCUT2D eigenvalue weighted by molar-refractivity contribution is 6.35. The fourth-order valence-corrected chi connectivity index (χ4v) is 1.94. The number of carbonyl (C=O) groups excluding carboxylic acids is 2. The molecule has 0 aromatic heterocycles. The Morgan fingerprint density at radius 2 is 1.00 bits per heavy atom. The van der Waals surface area contributed by atoms with Gasteiger partial charge in [0.25, 0.3) is 0 Å². The van der Waals surface area contributed by atoms with Gasteiger partial charge >= 0.3 is 11.8 Å². The van der Waals surface area contributed by atoms with E-state index in [-0.39, 0.29) is 0 Å². The number of carbonyl (C=O) groups is 2. The number of rotatable bonds is 4. The first-order chi connectivity index (χ1) is 10.5. The summed E-state index contributed by atoms with van der Waals surface area (Å²) in [4.78, 5) is 23.5. The highest BCUT2D eigenvalue weighted by Gasteiger charge is 2.12. The molecule has 2 aromatic carbocycles. The third-order valence-corrected chi connectivity index (χ3v) is 3.35. The van der Waals surface area contributed by atoms with E-state index in [0.29, 0.717) is 13.1 Å². The van der Waals surface area contributed by atoms with Crippen molar-refractivity contribution >= 4 is 11.8 Å². The summed E-state index contributed by atoms with van der Waals surface area (Å²) < 4.78 is 0. The van der Waals surface area contributed by atoms with Crippen molar-refractivity contribution < 1.29 is 9.59 Å². The Balaban J connectivity index is 1.78. The molecule has 0 atom stereocenters. The lowest BCUT2D eigenvalue weighted by molar-refractivity contribution is -0.139. The minimum absolute atomic E-state index is 0.344. The zero-order valence-corrected chi connectivity index (χ0v) is 12.8. The van der Waals surface area contributed by atoms with E-state index in [1.165, 1.54) is 0 Å². The molecule has 0 aliphatic heterocycles. The molecule has 4 heteroatoms. The zero-order valence-electron chi connectivity index (χ0n) is 12.8. The Labute approximate surface area is 130 Å². The smallest absolute Gasteiger partial charge is 0.309 e. The van der Waals surface area contributed by atoms with E-state index in [2.05, 4.69) is 10.6 Å². The quantitative estimate of drug-likeness (QED) is 0.850. The van der Waals surface area contributed by atoms with Gasteiger partial charge in [0.2, 0.25) is 0 Å². The summed E-state index contributed by atoms with van der Waals surface area (Å²) >= 11 is 0. The Morgan fingerprint density at radius 3 is 1.32 bits per heavy atom. The van der Waals surface area contributed by atoms with Crippen LogP contribution >= 0.6 is 0 Å². The molecule has 0 unspecified atom stereocenters. The van der Waals surface area contributed by atoms with Gasteiger partial charge in [-0.3, -0.25) is 9.59 Å². The molecule has 0 fully saturated rings. The Bertz CT molecular complexity index is 586. The van der Waals surface area contributed by atoms with Crippen LogP contribution in [-0.4, -0.2) is 11.8 Å². The van der Waals surface area contributed by atoms with Crippen molar-refractivity contribution in [1.29, 1.82) is 0 Å². The first kappa shape index (κ1) is 15.8. The summed E-state index contributed by atoms with van der Waals surface area (Å²) in [5, 5.41) is 5.23. The molecular weight excluding hydrogens is 276 g/mol. The van der Waals surface area contributed by atoms with Gasteiger partial charge in [-0.25, -0.2) is 0 Å². The summed E-state index contributed by atoms with van der Waals surface area (Å²) in [5.41, 5.74) is 4.24. The predicted molar refractivity (Wildman–Crippen MR) is 86.1 cm³/mol. The topological polar surface area (TPSA) is 58.2 Å². The molecule has 2 rings (SSSR count). The standard InChI is InChI=1S/C18H20N2O2/c1-13-3-7-15(8-4-13)11-19-17(21)18(22)20-12-16-9-5-14(2)6-10-16/h3-10H,11-12H2,1-2H3,(H,19,21)(H,20,22). The number of nitrogens with one attached hydrogen (secondary N) is 2. The molecule has 0 radical (unpaired) electrons. The molecule has 0 aliphatic carbocycles. The molecule has 2 aromatic rings. The van der Waals surface area contributed by atoms with Gasteiger partial charge in [-0.15, -0.1) is 0 Å². The zero-order chi connectivity index (χ0) is 15.9. The maximum Gasteiger partial charge on any atom is 0.309 e. The maximum atomic E-state index is 11.7. The summed E-state index contributed by atoms with van der Waals surface area (Å²) in [6.07, 6.45) is 0. The van der Waals surface area contributed by atoms with Crippen molar-refractivity contribution in [3.05, 3.63) is 70.8 Å². The third-order valence-electron chi connectivity index (χ3n) is 3.35. The molecule has 0 saturated heterocycles. The summed E-state index contributed by atoms with van der Waals surface area (Å²) in [6, 6.07) is 15.6. The molecule has 0 heterocycles. The monoisotopic (exact) mass is 296 g/mol. The van der Waals surface area contributed by atoms with Gasteiger partial charge in [-0.2, -0.15) is 0 Å². The van der Waals surface area contributed by atoms with Crippen LogP contribution < -0.4 is 10.6 Å². The van der Waals surface area contributed by atoms with E-state index in [1.807, 2.05) is 62.4 Å². The molecule has 0 bridgehead atoms. The number of benzene rings is 2. The van der Waals surface area contributed by atoms with Gasteiger partial charge in [-0.05, 0) is 25.0 Å². The van der Waals surface area contributed by atoms with Gasteiger partial charge in [0.15, 0.2) is 0 Å². The van der Waals surface area contributed by atoms with Crippen LogP contribution in [0.3, 0.4) is 0 Å². The molecule has 114 valence electrons. The summed E-state index contributed by atoms with van der Waals surface area (Å²) in [6.45, 7) is 4.69. The van der Waals surface area contributed by atoms with E-state index in [4.69, 9.17) is 0 Å². The molecule has 0 saturated carbocycles. The third kappa shape index (κ3) is 4.74. The molecular formula is C18H20N2O2. The predicted octanol–water partition coefficient (Wildman–Crippen LogP) is 2.24. The lowest BCUT2D eigenvalue weighted by Crippen LogP contribution is -2.39. The van der Waals surface area contributed by atoms with Crippen LogP contribution in [0.2, 0.25) is 0 Å². The molecule has 2 N–H and O–H groups in total. The summed E-state index contributed by atoms with van der Waals surface area (Å²) in [5.74, 6) is -1.24. The van der Waals surface area contributed by atoms with Crippen molar-refractivity contribution in [2.75, 3.05) is 0 Å². The van der Waals surface area contributed by atoms with Gasteiger partial charge in [0.05, 0.1) is 0 Å². The Morgan fingerprint density at radius 1 is 0.682 bits per heavy atom. The van der Waals surface area contributed by atoms with Crippen LogP contribution in [0.5, 0.6) is 0 Å². The fourth-order valence-electron chi connectivity index (χ4n) is 1.94. The van der Waals surface area contributed by atoms with Gasteiger partial charge in [0.1, 0.15) is 0 Å². The van der Waals surface area contributed by atoms with E-state index in [9.17, 15) is 9.59 Å². The molecule has 2 amide bonds. The van der Waals surface area contributed by atoms with Crippen molar-refractivity contribution in [2.24, 2.45) is 0 Å². The van der Waals surface area contributed by atoms with Crippen molar-refractivity contribution in [3.8, 4) is 0 Å². The normalized spacial score (nSPS) is 10.1. The number of aryl methyl sites for hydroxylation is 2. The first-order valence-electron chi connectivity index (χ1n) is 7.22. The largest absolute Gasteiger partial charge is 0.344 e. The Hall–Kier alpha value is -2.62. The van der Waals surface area contributed by atoms with E-state index in [0.717, 1.165) is 22.3 Å². The van der Waals surface area contributed by atoms with Crippen LogP contribution in [0.4, 0.5) is 0 Å². The lowest BCUT2D eigenvalue weighted by atomic mass is 10.1. The van der Waals surface area contributed by atoms with Gasteiger partial charge < -0.3 is 10.6 Å². The number of hydrogen-bond donors (Lipinski definition) is 2. The van der Waals surface area contributed by atoms with Crippen LogP contribution in [-0.2, 0) is 22.7 Å². The first-order valence-corrected chi connectivity index (χ1v) is 7.22. The number of hydrogen-bond acceptors (Lipinski definition) is 2. The summed E-state index contributed by atoms with van der Waals surface area (Å²) in [7, 11) is 0. The average molecular weight is 296 g/mol.